The molecule has 1 saturated heterocycles. The fourth-order valence-electron chi connectivity index (χ4n) is 7.38. The first-order chi connectivity index (χ1) is 20.3. The number of nitrogens with zero attached hydrogens (tertiary/aromatic N) is 2. The van der Waals surface area contributed by atoms with Gasteiger partial charge in [0.05, 0.1) is 5.41 Å². The number of aromatic amines is 1. The van der Waals surface area contributed by atoms with Gasteiger partial charge in [0.2, 0.25) is 5.91 Å². The SMILES string of the molecule is Cc1cc(C)cc(-c2[nH]c3ccc(C(C)(C)C(=O)N4C[C@H]5CC[C@@H]4C5)cc3c2CCNCCCCc2ccncc2)c1. The van der Waals surface area contributed by atoms with Gasteiger partial charge in [-0.1, -0.05) is 23.3 Å². The van der Waals surface area contributed by atoms with Crippen LogP contribution in [0.15, 0.2) is 60.9 Å². The van der Waals surface area contributed by atoms with Gasteiger partial charge in [0, 0.05) is 41.6 Å². The maximum Gasteiger partial charge on any atom is 0.232 e. The molecule has 2 aliphatic rings. The average Bonchev–Trinajstić information content (AvgIpc) is 3.71. The number of benzene rings is 2. The summed E-state index contributed by atoms with van der Waals surface area (Å²) >= 11 is 0. The van der Waals surface area contributed by atoms with Crippen LogP contribution in [0.5, 0.6) is 0 Å². The van der Waals surface area contributed by atoms with Crippen LogP contribution in [0.25, 0.3) is 22.2 Å². The minimum absolute atomic E-state index is 0.286. The standard InChI is InChI=1S/C37H46N4O/c1-25-19-26(2)21-29(20-25)35-32(14-18-38-15-6-5-7-27-12-16-39-17-13-27)33-23-30(9-11-34(33)40-35)37(3,4)36(42)41-24-28-8-10-31(41)22-28/h9,11-13,16-17,19-21,23,28,31,38,40H,5-8,10,14-15,18,22,24H2,1-4H3/t28-,31+/m0/s1. The predicted octanol–water partition coefficient (Wildman–Crippen LogP) is 7.29. The van der Waals surface area contributed by atoms with E-state index in [1.807, 2.05) is 12.4 Å². The monoisotopic (exact) mass is 562 g/mol. The Morgan fingerprint density at radius 2 is 1.76 bits per heavy atom. The quantitative estimate of drug-likeness (QED) is 0.189. The molecule has 1 aliphatic heterocycles. The number of fused-ring (bicyclic) bond motifs is 3. The van der Waals surface area contributed by atoms with Gasteiger partial charge in [0.15, 0.2) is 0 Å². The van der Waals surface area contributed by atoms with Crippen molar-refractivity contribution in [2.24, 2.45) is 5.92 Å². The van der Waals surface area contributed by atoms with Crippen LogP contribution in [-0.4, -0.2) is 46.5 Å². The van der Waals surface area contributed by atoms with Crippen LogP contribution in [-0.2, 0) is 23.1 Å². The van der Waals surface area contributed by atoms with Gasteiger partial charge in [-0.3, -0.25) is 9.78 Å². The van der Waals surface area contributed by atoms with Crippen LogP contribution >= 0.6 is 0 Å². The number of aryl methyl sites for hydroxylation is 3. The average molecular weight is 563 g/mol. The highest BCUT2D eigenvalue weighted by Gasteiger charge is 2.45. The number of hydrogen-bond acceptors (Lipinski definition) is 3. The summed E-state index contributed by atoms with van der Waals surface area (Å²) in [5, 5.41) is 4.95. The molecule has 3 heterocycles. The Morgan fingerprint density at radius 1 is 0.976 bits per heavy atom. The lowest BCUT2D eigenvalue weighted by molar-refractivity contribution is -0.138. The highest BCUT2D eigenvalue weighted by molar-refractivity contribution is 5.94. The zero-order chi connectivity index (χ0) is 29.3. The first kappa shape index (κ1) is 28.7. The van der Waals surface area contributed by atoms with Crippen LogP contribution in [0.4, 0.5) is 0 Å². The van der Waals surface area contributed by atoms with Crippen molar-refractivity contribution in [1.82, 2.24) is 20.2 Å². The molecule has 2 N–H and O–H groups in total. The fourth-order valence-corrected chi connectivity index (χ4v) is 7.38. The van der Waals surface area contributed by atoms with E-state index in [-0.39, 0.29) is 5.91 Å². The topological polar surface area (TPSA) is 61.0 Å². The van der Waals surface area contributed by atoms with Crippen molar-refractivity contribution >= 4 is 16.8 Å². The number of pyridine rings is 1. The molecule has 220 valence electrons. The summed E-state index contributed by atoms with van der Waals surface area (Å²) < 4.78 is 0. The Morgan fingerprint density at radius 3 is 2.48 bits per heavy atom. The lowest BCUT2D eigenvalue weighted by atomic mass is 9.82. The Labute approximate surface area is 251 Å². The molecule has 5 heteroatoms. The zero-order valence-corrected chi connectivity index (χ0v) is 25.8. The number of piperidine rings is 1. The third-order valence-corrected chi connectivity index (χ3v) is 9.71. The molecule has 2 fully saturated rings. The number of H-pyrrole nitrogens is 1. The number of likely N-dealkylation sites (tertiary alicyclic amines) is 1. The Balaban J connectivity index is 1.22. The summed E-state index contributed by atoms with van der Waals surface area (Å²) in [5.41, 5.74) is 9.38. The van der Waals surface area contributed by atoms with Gasteiger partial charge in [-0.2, -0.15) is 0 Å². The Kier molecular flexibility index (Phi) is 8.22. The fraction of sp³-hybridized carbons (Fsp3) is 0.459. The molecule has 1 amide bonds. The van der Waals surface area contributed by atoms with Gasteiger partial charge in [0.1, 0.15) is 0 Å². The van der Waals surface area contributed by atoms with Crippen molar-refractivity contribution in [2.45, 2.75) is 84.1 Å². The molecule has 2 aromatic carbocycles. The molecule has 1 saturated carbocycles. The van der Waals surface area contributed by atoms with E-state index >= 15 is 0 Å². The summed E-state index contributed by atoms with van der Waals surface area (Å²) in [6.07, 6.45) is 11.7. The van der Waals surface area contributed by atoms with Crippen molar-refractivity contribution < 1.29 is 4.79 Å². The van der Waals surface area contributed by atoms with E-state index in [1.54, 1.807) is 0 Å². The van der Waals surface area contributed by atoms with Gasteiger partial charge in [0.25, 0.3) is 0 Å². The second-order valence-electron chi connectivity index (χ2n) is 13.3. The van der Waals surface area contributed by atoms with Crippen molar-refractivity contribution in [2.75, 3.05) is 19.6 Å². The summed E-state index contributed by atoms with van der Waals surface area (Å²) in [7, 11) is 0. The second-order valence-corrected chi connectivity index (χ2v) is 13.3. The molecule has 2 aromatic heterocycles. The molecule has 6 rings (SSSR count). The Hall–Kier alpha value is -3.44. The van der Waals surface area contributed by atoms with Gasteiger partial charge < -0.3 is 15.2 Å². The maximum atomic E-state index is 13.9. The van der Waals surface area contributed by atoms with Gasteiger partial charge in [-0.25, -0.2) is 0 Å². The number of unbranched alkanes of at least 4 members (excludes halogenated alkanes) is 1. The number of hydrogen-bond donors (Lipinski definition) is 2. The van der Waals surface area contributed by atoms with E-state index in [0.29, 0.717) is 12.0 Å². The highest BCUT2D eigenvalue weighted by atomic mass is 16.2. The number of rotatable bonds is 11. The van der Waals surface area contributed by atoms with Gasteiger partial charge in [-0.15, -0.1) is 0 Å². The number of nitrogens with one attached hydrogen (secondary N) is 2. The largest absolute Gasteiger partial charge is 0.354 e. The molecular formula is C37H46N4O. The van der Waals surface area contributed by atoms with Gasteiger partial charge in [-0.05, 0) is 150 Å². The van der Waals surface area contributed by atoms with Crippen molar-refractivity contribution in [3.05, 3.63) is 88.7 Å². The smallest absolute Gasteiger partial charge is 0.232 e. The highest BCUT2D eigenvalue weighted by Crippen LogP contribution is 2.41. The first-order valence-corrected chi connectivity index (χ1v) is 15.9. The molecule has 42 heavy (non-hydrogen) atoms. The number of amides is 1. The summed E-state index contributed by atoms with van der Waals surface area (Å²) in [6, 6.07) is 18.1. The summed E-state index contributed by atoms with van der Waals surface area (Å²) in [4.78, 5) is 24.0. The number of aromatic nitrogens is 2. The molecule has 0 spiro atoms. The van der Waals surface area contributed by atoms with Crippen LogP contribution < -0.4 is 5.32 Å². The van der Waals surface area contributed by atoms with E-state index in [0.717, 1.165) is 50.0 Å². The molecule has 4 aromatic rings. The predicted molar refractivity (Wildman–Crippen MR) is 173 cm³/mol. The third-order valence-electron chi connectivity index (χ3n) is 9.71. The Bertz CT molecular complexity index is 1530. The first-order valence-electron chi connectivity index (χ1n) is 15.9. The van der Waals surface area contributed by atoms with Crippen molar-refractivity contribution in [3.8, 4) is 11.3 Å². The molecule has 0 unspecified atom stereocenters. The van der Waals surface area contributed by atoms with E-state index in [1.165, 1.54) is 64.6 Å². The van der Waals surface area contributed by atoms with E-state index in [2.05, 4.69) is 96.4 Å². The lowest BCUT2D eigenvalue weighted by Gasteiger charge is -2.35. The van der Waals surface area contributed by atoms with Crippen LogP contribution in [0.3, 0.4) is 0 Å². The van der Waals surface area contributed by atoms with E-state index < -0.39 is 5.41 Å². The van der Waals surface area contributed by atoms with E-state index in [4.69, 9.17) is 0 Å². The minimum Gasteiger partial charge on any atom is -0.354 e. The van der Waals surface area contributed by atoms with Crippen molar-refractivity contribution in [3.63, 3.8) is 0 Å². The van der Waals surface area contributed by atoms with Crippen molar-refractivity contribution in [1.29, 1.82) is 0 Å². The number of carbonyl (C=O) groups excluding carboxylic acids is 1. The zero-order valence-electron chi connectivity index (χ0n) is 25.8. The summed E-state index contributed by atoms with van der Waals surface area (Å²) in [5.74, 6) is 0.992. The summed E-state index contributed by atoms with van der Waals surface area (Å²) in [6.45, 7) is 11.4. The van der Waals surface area contributed by atoms with Crippen LogP contribution in [0.2, 0.25) is 0 Å². The third kappa shape index (κ3) is 5.89. The second kappa shape index (κ2) is 12.0. The number of carbonyl (C=O) groups is 1. The minimum atomic E-state index is -0.555. The molecule has 2 atom stereocenters. The maximum absolute atomic E-state index is 13.9. The molecule has 2 bridgehead atoms. The molecule has 5 nitrogen and oxygen atoms in total. The van der Waals surface area contributed by atoms with E-state index in [9.17, 15) is 4.79 Å². The van der Waals surface area contributed by atoms with Crippen LogP contribution in [0, 0.1) is 19.8 Å². The molecule has 1 aliphatic carbocycles. The molecular weight excluding hydrogens is 516 g/mol. The normalized spacial score (nSPS) is 18.3. The lowest BCUT2D eigenvalue weighted by Crippen LogP contribution is -2.47. The molecule has 0 radical (unpaired) electrons. The van der Waals surface area contributed by atoms with Crippen LogP contribution in [0.1, 0.15) is 73.8 Å². The van der Waals surface area contributed by atoms with Gasteiger partial charge >= 0.3 is 0 Å².